The maximum absolute atomic E-state index is 12.4. The van der Waals surface area contributed by atoms with Gasteiger partial charge in [-0.3, -0.25) is 9.59 Å². The Labute approximate surface area is 236 Å². The molecule has 222 valence electrons. The fraction of sp³-hybridized carbons (Fsp3) is 0.824. The average Bonchev–Trinajstić information content (AvgIpc) is 2.89. The molecule has 0 aliphatic heterocycles. The van der Waals surface area contributed by atoms with E-state index in [1.165, 1.54) is 77.0 Å². The lowest BCUT2D eigenvalue weighted by atomic mass is 10.0. The van der Waals surface area contributed by atoms with Gasteiger partial charge in [0.1, 0.15) is 6.10 Å². The third-order valence-corrected chi connectivity index (χ3v) is 7.18. The van der Waals surface area contributed by atoms with Crippen LogP contribution in [-0.4, -0.2) is 23.1 Å². The quantitative estimate of drug-likeness (QED) is 0.0589. The summed E-state index contributed by atoms with van der Waals surface area (Å²) in [4.78, 5) is 23.0. The van der Waals surface area contributed by atoms with Crippen molar-refractivity contribution >= 4 is 11.9 Å². The average molecular weight is 535 g/mol. The number of ether oxygens (including phenoxy) is 1. The molecule has 0 saturated carbocycles. The monoisotopic (exact) mass is 534 g/mol. The molecule has 0 rings (SSSR count). The number of allylic oxidation sites excluding steroid dienone is 4. The van der Waals surface area contributed by atoms with Crippen LogP contribution in [0.15, 0.2) is 24.3 Å². The zero-order chi connectivity index (χ0) is 27.9. The fourth-order valence-corrected chi connectivity index (χ4v) is 4.74. The lowest BCUT2D eigenvalue weighted by molar-refractivity contribution is -0.150. The van der Waals surface area contributed by atoms with Gasteiger partial charge in [-0.2, -0.15) is 0 Å². The highest BCUT2D eigenvalue weighted by atomic mass is 16.5. The zero-order valence-corrected chi connectivity index (χ0v) is 25.2. The summed E-state index contributed by atoms with van der Waals surface area (Å²) in [6.07, 6.45) is 36.4. The van der Waals surface area contributed by atoms with Crippen molar-refractivity contribution in [1.29, 1.82) is 0 Å². The number of rotatable bonds is 29. The van der Waals surface area contributed by atoms with Crippen LogP contribution in [0, 0.1) is 0 Å². The smallest absolute Gasteiger partial charge is 0.306 e. The Morgan fingerprint density at radius 1 is 0.579 bits per heavy atom. The Hall–Kier alpha value is -1.58. The number of unbranched alkanes of at least 4 members (excludes halogenated alkanes) is 16. The molecule has 0 aromatic heterocycles. The molecule has 0 aliphatic rings. The highest BCUT2D eigenvalue weighted by Crippen LogP contribution is 2.18. The molecule has 0 aliphatic carbocycles. The van der Waals surface area contributed by atoms with Crippen LogP contribution < -0.4 is 0 Å². The summed E-state index contributed by atoms with van der Waals surface area (Å²) in [5.74, 6) is -0.695. The minimum atomic E-state index is -0.691. The van der Waals surface area contributed by atoms with E-state index < -0.39 is 5.97 Å². The van der Waals surface area contributed by atoms with E-state index in [-0.39, 0.29) is 12.1 Å². The summed E-state index contributed by atoms with van der Waals surface area (Å²) >= 11 is 0. The topological polar surface area (TPSA) is 63.6 Å². The molecule has 0 heterocycles. The number of aliphatic carboxylic acids is 1. The standard InChI is InChI=1S/C34H62O4/c1-3-5-7-8-9-10-11-12-13-14-15-16-20-23-27-31-34(37)38-32(28-24-6-4-2)29-25-21-18-17-19-22-26-30-33(35)36/h9-10,12-13,32H,3-8,11,14-31H2,1-2H3,(H,35,36)/b10-9-,13-12-. The van der Waals surface area contributed by atoms with Crippen LogP contribution in [0.4, 0.5) is 0 Å². The number of carboxylic acids is 1. The van der Waals surface area contributed by atoms with Gasteiger partial charge in [0.15, 0.2) is 0 Å². The maximum Gasteiger partial charge on any atom is 0.306 e. The molecule has 1 atom stereocenters. The Bertz CT molecular complexity index is 581. The van der Waals surface area contributed by atoms with E-state index in [1.807, 2.05) is 0 Å². The number of carboxylic acid groups (broad SMARTS) is 1. The molecule has 4 heteroatoms. The molecular formula is C34H62O4. The predicted molar refractivity (Wildman–Crippen MR) is 163 cm³/mol. The number of hydrogen-bond acceptors (Lipinski definition) is 3. The zero-order valence-electron chi connectivity index (χ0n) is 25.2. The fourth-order valence-electron chi connectivity index (χ4n) is 4.74. The van der Waals surface area contributed by atoms with Gasteiger partial charge >= 0.3 is 11.9 Å². The summed E-state index contributed by atoms with van der Waals surface area (Å²) in [7, 11) is 0. The van der Waals surface area contributed by atoms with Crippen LogP contribution in [0.5, 0.6) is 0 Å². The summed E-state index contributed by atoms with van der Waals surface area (Å²) < 4.78 is 5.89. The molecule has 0 saturated heterocycles. The summed E-state index contributed by atoms with van der Waals surface area (Å²) in [5.41, 5.74) is 0. The molecule has 0 radical (unpaired) electrons. The minimum absolute atomic E-state index is 0.00406. The van der Waals surface area contributed by atoms with Crippen molar-refractivity contribution in [1.82, 2.24) is 0 Å². The second-order valence-electron chi connectivity index (χ2n) is 11.0. The normalized spacial score (nSPS) is 12.5. The van der Waals surface area contributed by atoms with Crippen LogP contribution in [0.3, 0.4) is 0 Å². The number of esters is 1. The Morgan fingerprint density at radius 3 is 1.61 bits per heavy atom. The van der Waals surface area contributed by atoms with Crippen LogP contribution in [0.1, 0.15) is 174 Å². The van der Waals surface area contributed by atoms with Gasteiger partial charge < -0.3 is 9.84 Å². The van der Waals surface area contributed by atoms with E-state index in [0.717, 1.165) is 70.6 Å². The first kappa shape index (κ1) is 36.4. The molecule has 0 bridgehead atoms. The van der Waals surface area contributed by atoms with Gasteiger partial charge in [0.2, 0.25) is 0 Å². The van der Waals surface area contributed by atoms with E-state index >= 15 is 0 Å². The molecule has 0 aromatic carbocycles. The third kappa shape index (κ3) is 29.0. The predicted octanol–water partition coefficient (Wildman–Crippen LogP) is 10.9. The molecule has 38 heavy (non-hydrogen) atoms. The first-order valence-electron chi connectivity index (χ1n) is 16.3. The summed E-state index contributed by atoms with van der Waals surface area (Å²) in [6, 6.07) is 0. The van der Waals surface area contributed by atoms with Gasteiger partial charge in [0, 0.05) is 12.8 Å². The van der Waals surface area contributed by atoms with E-state index in [1.54, 1.807) is 0 Å². The lowest BCUT2D eigenvalue weighted by Crippen LogP contribution is -2.18. The highest BCUT2D eigenvalue weighted by molar-refractivity contribution is 5.69. The number of carbonyl (C=O) groups is 2. The van der Waals surface area contributed by atoms with Crippen molar-refractivity contribution < 1.29 is 19.4 Å². The van der Waals surface area contributed by atoms with Crippen molar-refractivity contribution in [3.05, 3.63) is 24.3 Å². The molecule has 1 N–H and O–H groups in total. The molecular weight excluding hydrogens is 472 g/mol. The van der Waals surface area contributed by atoms with Crippen molar-refractivity contribution in [3.8, 4) is 0 Å². The van der Waals surface area contributed by atoms with Crippen LogP contribution in [-0.2, 0) is 14.3 Å². The second-order valence-corrected chi connectivity index (χ2v) is 11.0. The SMILES string of the molecule is CCCCC/C=C\C/C=C\CCCCCCCC(=O)OC(CCCCC)CCCCCCCCCC(=O)O. The van der Waals surface area contributed by atoms with E-state index in [4.69, 9.17) is 9.84 Å². The van der Waals surface area contributed by atoms with E-state index in [9.17, 15) is 9.59 Å². The van der Waals surface area contributed by atoms with Crippen LogP contribution in [0.2, 0.25) is 0 Å². The van der Waals surface area contributed by atoms with Crippen molar-refractivity contribution in [2.75, 3.05) is 0 Å². The van der Waals surface area contributed by atoms with Crippen LogP contribution >= 0.6 is 0 Å². The first-order chi connectivity index (χ1) is 18.6. The largest absolute Gasteiger partial charge is 0.481 e. The lowest BCUT2D eigenvalue weighted by Gasteiger charge is -2.18. The van der Waals surface area contributed by atoms with Crippen molar-refractivity contribution in [2.24, 2.45) is 0 Å². The Kier molecular flexibility index (Phi) is 28.7. The molecule has 0 fully saturated rings. The van der Waals surface area contributed by atoms with Gasteiger partial charge in [0.25, 0.3) is 0 Å². The third-order valence-electron chi connectivity index (χ3n) is 7.18. The number of hydrogen-bond donors (Lipinski definition) is 1. The van der Waals surface area contributed by atoms with Gasteiger partial charge in [0.05, 0.1) is 0 Å². The molecule has 1 unspecified atom stereocenters. The molecule has 0 amide bonds. The Balaban J connectivity index is 3.81. The van der Waals surface area contributed by atoms with Gasteiger partial charge in [-0.1, -0.05) is 115 Å². The molecule has 0 aromatic rings. The minimum Gasteiger partial charge on any atom is -0.481 e. The van der Waals surface area contributed by atoms with Gasteiger partial charge in [-0.15, -0.1) is 0 Å². The highest BCUT2D eigenvalue weighted by Gasteiger charge is 2.14. The van der Waals surface area contributed by atoms with Crippen molar-refractivity contribution in [3.63, 3.8) is 0 Å². The second kappa shape index (κ2) is 30.0. The Morgan fingerprint density at radius 2 is 1.03 bits per heavy atom. The summed E-state index contributed by atoms with van der Waals surface area (Å²) in [6.45, 7) is 4.46. The first-order valence-corrected chi connectivity index (χ1v) is 16.3. The number of carbonyl (C=O) groups excluding carboxylic acids is 1. The molecule has 0 spiro atoms. The summed E-state index contributed by atoms with van der Waals surface area (Å²) in [5, 5.41) is 8.69. The van der Waals surface area contributed by atoms with E-state index in [2.05, 4.69) is 38.2 Å². The van der Waals surface area contributed by atoms with Crippen molar-refractivity contribution in [2.45, 2.75) is 180 Å². The maximum atomic E-state index is 12.4. The van der Waals surface area contributed by atoms with E-state index in [0.29, 0.717) is 12.8 Å². The van der Waals surface area contributed by atoms with Gasteiger partial charge in [-0.25, -0.2) is 0 Å². The molecule has 4 nitrogen and oxygen atoms in total. The van der Waals surface area contributed by atoms with Gasteiger partial charge in [-0.05, 0) is 70.6 Å². The van der Waals surface area contributed by atoms with Crippen LogP contribution in [0.25, 0.3) is 0 Å².